The predicted octanol–water partition coefficient (Wildman–Crippen LogP) is 3.80. The van der Waals surface area contributed by atoms with Crippen LogP contribution in [-0.2, 0) is 11.2 Å². The van der Waals surface area contributed by atoms with Crippen LogP contribution in [0.3, 0.4) is 0 Å². The zero-order chi connectivity index (χ0) is 19.3. The summed E-state index contributed by atoms with van der Waals surface area (Å²) in [7, 11) is 0. The Labute approximate surface area is 160 Å². The van der Waals surface area contributed by atoms with Crippen LogP contribution in [0.25, 0.3) is 11.0 Å². The maximum atomic E-state index is 12.4. The lowest BCUT2D eigenvalue weighted by Crippen LogP contribution is -2.14. The zero-order valence-corrected chi connectivity index (χ0v) is 14.7. The van der Waals surface area contributed by atoms with E-state index >= 15 is 0 Å². The normalized spacial score (nSPS) is 10.4. The fraction of sp³-hybridized carbons (Fsp3) is 0.0476. The summed E-state index contributed by atoms with van der Waals surface area (Å²) in [6.07, 6.45) is 5.28. The number of aromatic nitrogens is 3. The first kappa shape index (κ1) is 17.2. The topological polar surface area (TPSA) is 104 Å². The highest BCUT2D eigenvalue weighted by molar-refractivity contribution is 5.95. The van der Waals surface area contributed by atoms with Crippen LogP contribution in [0.4, 0.5) is 5.69 Å². The molecule has 3 aromatic heterocycles. The highest BCUT2D eigenvalue weighted by Gasteiger charge is 2.09. The number of nitriles is 1. The molecule has 0 aliphatic carbocycles. The molecule has 4 rings (SSSR count). The third-order valence-corrected chi connectivity index (χ3v) is 4.11. The third kappa shape index (κ3) is 3.81. The molecule has 0 saturated carbocycles. The Bertz CT molecular complexity index is 1180. The summed E-state index contributed by atoms with van der Waals surface area (Å²) >= 11 is 0. The van der Waals surface area contributed by atoms with Crippen LogP contribution in [0.15, 0.2) is 67.1 Å². The molecule has 136 valence electrons. The van der Waals surface area contributed by atoms with E-state index in [2.05, 4.69) is 20.3 Å². The molecule has 0 aliphatic rings. The summed E-state index contributed by atoms with van der Waals surface area (Å²) in [4.78, 5) is 23.5. The number of H-pyrrole nitrogens is 1. The van der Waals surface area contributed by atoms with E-state index in [9.17, 15) is 4.79 Å². The molecule has 1 amide bonds. The van der Waals surface area contributed by atoms with Crippen LogP contribution in [0.1, 0.15) is 11.3 Å². The van der Waals surface area contributed by atoms with Gasteiger partial charge in [-0.25, -0.2) is 9.97 Å². The third-order valence-electron chi connectivity index (χ3n) is 4.11. The molecule has 0 bridgehead atoms. The van der Waals surface area contributed by atoms with Gasteiger partial charge >= 0.3 is 0 Å². The second-order valence-electron chi connectivity index (χ2n) is 6.05. The maximum absolute atomic E-state index is 12.4. The van der Waals surface area contributed by atoms with Gasteiger partial charge in [0.2, 0.25) is 5.91 Å². The first-order valence-electron chi connectivity index (χ1n) is 8.56. The lowest BCUT2D eigenvalue weighted by Gasteiger charge is -2.08. The van der Waals surface area contributed by atoms with Crippen LogP contribution in [0, 0.1) is 11.3 Å². The number of nitrogens with one attached hydrogen (secondary N) is 2. The molecule has 3 heterocycles. The van der Waals surface area contributed by atoms with Crippen molar-refractivity contribution in [2.24, 2.45) is 0 Å². The van der Waals surface area contributed by atoms with Crippen LogP contribution in [0.2, 0.25) is 0 Å². The molecular formula is C21H15N5O2. The number of benzene rings is 1. The van der Waals surface area contributed by atoms with Gasteiger partial charge in [-0.1, -0.05) is 0 Å². The predicted molar refractivity (Wildman–Crippen MR) is 104 cm³/mol. The molecule has 2 N–H and O–H groups in total. The van der Waals surface area contributed by atoms with Crippen molar-refractivity contribution in [2.45, 2.75) is 6.42 Å². The lowest BCUT2D eigenvalue weighted by molar-refractivity contribution is -0.115. The van der Waals surface area contributed by atoms with Crippen LogP contribution in [-0.4, -0.2) is 20.9 Å². The SMILES string of the molecule is N#Cc1cc(Oc2ccc(NC(=O)Cc3c[nH]c4ncccc34)cc2)ccn1. The van der Waals surface area contributed by atoms with Crippen molar-refractivity contribution in [2.75, 3.05) is 5.32 Å². The Morgan fingerprint density at radius 1 is 1.11 bits per heavy atom. The molecule has 0 aliphatic heterocycles. The van der Waals surface area contributed by atoms with Gasteiger partial charge in [0.1, 0.15) is 28.9 Å². The standard InChI is InChI=1S/C21H15N5O2/c22-12-16-11-18(7-9-23-16)28-17-5-3-15(4-6-17)26-20(27)10-14-13-25-21-19(14)2-1-8-24-21/h1-9,11,13H,10H2,(H,24,25)(H,26,27). The van der Waals surface area contributed by atoms with E-state index in [4.69, 9.17) is 10.00 Å². The number of ether oxygens (including phenoxy) is 1. The Kier molecular flexibility index (Phi) is 4.68. The number of nitrogens with zero attached hydrogens (tertiary/aromatic N) is 3. The average Bonchev–Trinajstić information content (AvgIpc) is 3.12. The van der Waals surface area contributed by atoms with Gasteiger partial charge in [0.05, 0.1) is 6.42 Å². The summed E-state index contributed by atoms with van der Waals surface area (Å²) < 4.78 is 5.70. The Morgan fingerprint density at radius 2 is 1.96 bits per heavy atom. The van der Waals surface area contributed by atoms with E-state index in [-0.39, 0.29) is 18.0 Å². The fourth-order valence-corrected chi connectivity index (χ4v) is 2.82. The molecular weight excluding hydrogens is 354 g/mol. The average molecular weight is 369 g/mol. The smallest absolute Gasteiger partial charge is 0.228 e. The van der Waals surface area contributed by atoms with Crippen LogP contribution < -0.4 is 10.1 Å². The number of fused-ring (bicyclic) bond motifs is 1. The number of anilines is 1. The van der Waals surface area contributed by atoms with Gasteiger partial charge in [0.25, 0.3) is 0 Å². The summed E-state index contributed by atoms with van der Waals surface area (Å²) in [5.41, 5.74) is 2.62. The maximum Gasteiger partial charge on any atom is 0.228 e. The zero-order valence-electron chi connectivity index (χ0n) is 14.7. The van der Waals surface area contributed by atoms with Crippen molar-refractivity contribution in [1.82, 2.24) is 15.0 Å². The number of rotatable bonds is 5. The summed E-state index contributed by atoms with van der Waals surface area (Å²) in [5.74, 6) is 0.998. The Hall–Kier alpha value is -4.18. The van der Waals surface area contributed by atoms with E-state index in [0.717, 1.165) is 16.6 Å². The molecule has 0 unspecified atom stereocenters. The number of pyridine rings is 2. The number of aromatic amines is 1. The summed E-state index contributed by atoms with van der Waals surface area (Å²) in [6, 6.07) is 16.0. The second kappa shape index (κ2) is 7.60. The van der Waals surface area contributed by atoms with E-state index in [1.54, 1.807) is 48.8 Å². The molecule has 0 atom stereocenters. The second-order valence-corrected chi connectivity index (χ2v) is 6.05. The van der Waals surface area contributed by atoms with Gasteiger partial charge in [-0.3, -0.25) is 4.79 Å². The van der Waals surface area contributed by atoms with Crippen molar-refractivity contribution in [3.05, 3.63) is 78.4 Å². The fourth-order valence-electron chi connectivity index (χ4n) is 2.82. The molecule has 0 saturated heterocycles. The molecule has 7 nitrogen and oxygen atoms in total. The van der Waals surface area contributed by atoms with Crippen molar-refractivity contribution < 1.29 is 9.53 Å². The highest BCUT2D eigenvalue weighted by atomic mass is 16.5. The number of carbonyl (C=O) groups is 1. The first-order valence-corrected chi connectivity index (χ1v) is 8.56. The minimum absolute atomic E-state index is 0.119. The van der Waals surface area contributed by atoms with Crippen molar-refractivity contribution in [3.63, 3.8) is 0 Å². The summed E-state index contributed by atoms with van der Waals surface area (Å²) in [6.45, 7) is 0. The van der Waals surface area contributed by atoms with Crippen LogP contribution >= 0.6 is 0 Å². The first-order chi connectivity index (χ1) is 13.7. The Balaban J connectivity index is 1.40. The van der Waals surface area contributed by atoms with Crippen molar-refractivity contribution >= 4 is 22.6 Å². The summed E-state index contributed by atoms with van der Waals surface area (Å²) in [5, 5.41) is 12.7. The molecule has 1 aromatic carbocycles. The van der Waals surface area contributed by atoms with E-state index in [0.29, 0.717) is 17.2 Å². The lowest BCUT2D eigenvalue weighted by atomic mass is 10.1. The van der Waals surface area contributed by atoms with Crippen molar-refractivity contribution in [3.8, 4) is 17.6 Å². The monoisotopic (exact) mass is 369 g/mol. The number of hydrogen-bond acceptors (Lipinski definition) is 5. The quantitative estimate of drug-likeness (QED) is 0.557. The minimum atomic E-state index is -0.119. The number of carbonyl (C=O) groups excluding carboxylic acids is 1. The van der Waals surface area contributed by atoms with Gasteiger partial charge in [-0.2, -0.15) is 5.26 Å². The molecule has 0 fully saturated rings. The van der Waals surface area contributed by atoms with Crippen LogP contribution in [0.5, 0.6) is 11.5 Å². The highest BCUT2D eigenvalue weighted by Crippen LogP contribution is 2.23. The Morgan fingerprint density at radius 3 is 2.79 bits per heavy atom. The van der Waals surface area contributed by atoms with Gasteiger partial charge in [-0.15, -0.1) is 0 Å². The van der Waals surface area contributed by atoms with Gasteiger partial charge in [-0.05, 0) is 48.0 Å². The number of hydrogen-bond donors (Lipinski definition) is 2. The van der Waals surface area contributed by atoms with Gasteiger partial charge in [0, 0.05) is 35.7 Å². The van der Waals surface area contributed by atoms with Gasteiger partial charge < -0.3 is 15.0 Å². The van der Waals surface area contributed by atoms with E-state index in [1.807, 2.05) is 18.2 Å². The van der Waals surface area contributed by atoms with Crippen molar-refractivity contribution in [1.29, 1.82) is 5.26 Å². The van der Waals surface area contributed by atoms with E-state index in [1.165, 1.54) is 6.20 Å². The van der Waals surface area contributed by atoms with Gasteiger partial charge in [0.15, 0.2) is 0 Å². The minimum Gasteiger partial charge on any atom is -0.457 e. The largest absolute Gasteiger partial charge is 0.457 e. The molecule has 28 heavy (non-hydrogen) atoms. The molecule has 0 spiro atoms. The molecule has 7 heteroatoms. The molecule has 4 aromatic rings. The number of amides is 1. The molecule has 0 radical (unpaired) electrons. The van der Waals surface area contributed by atoms with E-state index < -0.39 is 0 Å².